The maximum absolute atomic E-state index is 10.2. The van der Waals surface area contributed by atoms with E-state index in [4.69, 9.17) is 8.22 Å². The summed E-state index contributed by atoms with van der Waals surface area (Å²) in [5.74, 6) is 0. The van der Waals surface area contributed by atoms with Gasteiger partial charge in [-0.15, -0.1) is 0 Å². The summed E-state index contributed by atoms with van der Waals surface area (Å²) in [5.41, 5.74) is -0.337. The largest absolute Gasteiger partial charge is 1.00 e. The van der Waals surface area contributed by atoms with Gasteiger partial charge in [0.05, 0.1) is 34.3 Å². The van der Waals surface area contributed by atoms with Crippen molar-refractivity contribution in [1.82, 2.24) is 20.0 Å². The van der Waals surface area contributed by atoms with Crippen molar-refractivity contribution in [1.29, 1.82) is 0 Å². The Kier molecular flexibility index (Phi) is 9.57. The standard InChI is InChI=1S/C4H5N3O2.C3H3N3O2.C2H6O4S.Na.H2O/c1-6-3-4(2-5-6)7(8)9;7-6(8)3-1-4-5-2-3;1-5-7(3,4)6-2;;/h2-3H,1H3;1-2H,(H,4,5);1-2H3;;1H2/q;;;+1;/p-1/i1D3;;1D3;;. The van der Waals surface area contributed by atoms with Gasteiger partial charge in [-0.25, -0.2) is 0 Å². The second-order valence-corrected chi connectivity index (χ2v) is 4.59. The average molecular weight is 412 g/mol. The molecule has 2 N–H and O–H groups in total. The molecule has 0 aliphatic heterocycles. The molecule has 0 saturated heterocycles. The van der Waals surface area contributed by atoms with Crippen LogP contribution >= 0.6 is 0 Å². The molecular formula is C9H15N6NaO9S. The molecule has 0 aliphatic rings. The molecule has 2 aromatic rings. The first-order chi connectivity index (χ1) is 13.5. The van der Waals surface area contributed by atoms with Crippen LogP contribution in [0, 0.1) is 20.2 Å². The van der Waals surface area contributed by atoms with Gasteiger partial charge in [0, 0.05) is 11.1 Å². The van der Waals surface area contributed by atoms with E-state index in [2.05, 4.69) is 23.7 Å². The number of aromatic amines is 1. The van der Waals surface area contributed by atoms with Crippen molar-refractivity contribution in [2.24, 2.45) is 6.98 Å². The molecular weight excluding hydrogens is 391 g/mol. The third-order valence-corrected chi connectivity index (χ3v) is 2.39. The molecule has 2 heterocycles. The fourth-order valence-electron chi connectivity index (χ4n) is 0.786. The molecule has 0 spiro atoms. The normalized spacial score (nSPS) is 13.6. The predicted molar refractivity (Wildman–Crippen MR) is 80.0 cm³/mol. The minimum atomic E-state index is -4.34. The number of nitrogens with one attached hydrogen (secondary N) is 1. The first kappa shape index (κ1) is 17.5. The number of aromatic nitrogens is 4. The number of rotatable bonds is 4. The molecule has 0 aliphatic carbocycles. The Morgan fingerprint density at radius 3 is 2.08 bits per heavy atom. The molecule has 0 aromatic carbocycles. The molecule has 0 amide bonds. The Morgan fingerprint density at radius 1 is 1.23 bits per heavy atom. The van der Waals surface area contributed by atoms with Crippen LogP contribution < -0.4 is 29.6 Å². The van der Waals surface area contributed by atoms with Gasteiger partial charge in [-0.2, -0.15) is 18.6 Å². The minimum Gasteiger partial charge on any atom is -0.870 e. The second-order valence-electron chi connectivity index (χ2n) is 3.27. The van der Waals surface area contributed by atoms with Gasteiger partial charge in [-0.1, -0.05) is 0 Å². The zero-order valence-corrected chi connectivity index (χ0v) is 16.0. The van der Waals surface area contributed by atoms with E-state index in [1.165, 1.54) is 6.20 Å². The molecule has 26 heavy (non-hydrogen) atoms. The molecule has 0 atom stereocenters. The molecule has 142 valence electrons. The van der Waals surface area contributed by atoms with E-state index in [0.29, 0.717) is 4.68 Å². The van der Waals surface area contributed by atoms with E-state index in [-0.39, 0.29) is 46.4 Å². The molecule has 0 fully saturated rings. The zero-order chi connectivity index (χ0) is 23.8. The number of hydrogen-bond donors (Lipinski definition) is 1. The van der Waals surface area contributed by atoms with Crippen molar-refractivity contribution in [3.05, 3.63) is 45.0 Å². The number of aryl methyl sites for hydroxylation is 1. The summed E-state index contributed by atoms with van der Waals surface area (Å²) < 4.78 is 67.8. The van der Waals surface area contributed by atoms with E-state index in [9.17, 15) is 28.6 Å². The Hall–Kier alpha value is -1.95. The minimum absolute atomic E-state index is 0. The van der Waals surface area contributed by atoms with Crippen molar-refractivity contribution >= 4 is 21.8 Å². The number of nitro groups is 2. The summed E-state index contributed by atoms with van der Waals surface area (Å²) in [6.45, 7) is -2.45. The van der Waals surface area contributed by atoms with Gasteiger partial charge in [0.2, 0.25) is 0 Å². The third-order valence-electron chi connectivity index (χ3n) is 1.78. The van der Waals surface area contributed by atoms with Crippen LogP contribution in [-0.4, -0.2) is 57.9 Å². The van der Waals surface area contributed by atoms with Gasteiger partial charge in [0.1, 0.15) is 18.6 Å². The van der Waals surface area contributed by atoms with E-state index in [1.54, 1.807) is 0 Å². The molecule has 2 aromatic heterocycles. The maximum Gasteiger partial charge on any atom is 1.00 e. The van der Waals surface area contributed by atoms with Crippen LogP contribution in [0.25, 0.3) is 0 Å². The van der Waals surface area contributed by atoms with Crippen LogP contribution in [-0.2, 0) is 25.7 Å². The Morgan fingerprint density at radius 2 is 1.85 bits per heavy atom. The Balaban J connectivity index is -0.000000389. The van der Waals surface area contributed by atoms with Crippen LogP contribution in [0.1, 0.15) is 8.22 Å². The number of hydrogen-bond acceptors (Lipinski definition) is 11. The van der Waals surface area contributed by atoms with Crippen molar-refractivity contribution in [3.8, 4) is 0 Å². The van der Waals surface area contributed by atoms with Crippen LogP contribution in [0.2, 0.25) is 0 Å². The topological polar surface area (TPSA) is 215 Å². The summed E-state index contributed by atoms with van der Waals surface area (Å²) in [4.78, 5) is 18.7. The quantitative estimate of drug-likeness (QED) is 0.303. The Labute approximate surface area is 177 Å². The molecule has 17 heteroatoms. The van der Waals surface area contributed by atoms with Gasteiger partial charge >= 0.3 is 51.3 Å². The van der Waals surface area contributed by atoms with E-state index >= 15 is 0 Å². The first-order valence-electron chi connectivity index (χ1n) is 8.32. The SMILES string of the molecule is O=[N+]([O-])c1cn[nH]c1.[2H]C([2H])([2H])OS(=O)(=O)OC.[2H]C([2H])([2H])n1cc([N+](=O)[O-])cn1.[Na+].[OH-]. The average Bonchev–Trinajstić information content (AvgIpc) is 3.25. The maximum atomic E-state index is 10.2. The van der Waals surface area contributed by atoms with E-state index in [1.807, 2.05) is 0 Å². The van der Waals surface area contributed by atoms with Gasteiger partial charge in [0.25, 0.3) is 0 Å². The van der Waals surface area contributed by atoms with Crippen LogP contribution in [0.4, 0.5) is 11.4 Å². The molecule has 0 bridgehead atoms. The monoisotopic (exact) mass is 412 g/mol. The van der Waals surface area contributed by atoms with Gasteiger partial charge in [-0.3, -0.25) is 38.4 Å². The fourth-order valence-corrected chi connectivity index (χ4v) is 0.854. The van der Waals surface area contributed by atoms with Crippen molar-refractivity contribution in [2.75, 3.05) is 14.1 Å². The summed E-state index contributed by atoms with van der Waals surface area (Å²) in [5, 5.41) is 28.9. The van der Waals surface area contributed by atoms with E-state index < -0.39 is 34.3 Å². The molecule has 0 radical (unpaired) electrons. The van der Waals surface area contributed by atoms with Crippen molar-refractivity contribution in [2.45, 2.75) is 0 Å². The van der Waals surface area contributed by atoms with Gasteiger partial charge < -0.3 is 5.48 Å². The summed E-state index contributed by atoms with van der Waals surface area (Å²) in [7, 11) is -6.51. The van der Waals surface area contributed by atoms with Crippen molar-refractivity contribution in [3.63, 3.8) is 0 Å². The second kappa shape index (κ2) is 14.2. The van der Waals surface area contributed by atoms with Crippen LogP contribution in [0.15, 0.2) is 24.8 Å². The smallest absolute Gasteiger partial charge is 0.870 e. The number of H-pyrrole nitrogens is 1. The summed E-state index contributed by atoms with van der Waals surface area (Å²) >= 11 is 0. The van der Waals surface area contributed by atoms with Gasteiger partial charge in [0.15, 0.2) is 0 Å². The molecule has 0 unspecified atom stereocenters. The molecule has 2 rings (SSSR count). The first-order valence-corrected chi connectivity index (χ1v) is 6.66. The fraction of sp³-hybridized carbons (Fsp3) is 0.333. The van der Waals surface area contributed by atoms with Gasteiger partial charge in [-0.05, 0) is 0 Å². The Bertz CT molecular complexity index is 933. The van der Waals surface area contributed by atoms with Crippen LogP contribution in [0.3, 0.4) is 0 Å². The summed E-state index contributed by atoms with van der Waals surface area (Å²) in [6.07, 6.45) is 4.14. The van der Waals surface area contributed by atoms with Crippen molar-refractivity contribution < 1.29 is 69.9 Å². The molecule has 0 saturated carbocycles. The predicted octanol–water partition coefficient (Wildman–Crippen LogP) is -3.00. The van der Waals surface area contributed by atoms with Crippen LogP contribution in [0.5, 0.6) is 0 Å². The van der Waals surface area contributed by atoms with E-state index in [0.717, 1.165) is 25.7 Å². The summed E-state index contributed by atoms with van der Waals surface area (Å²) in [6, 6.07) is 0. The molecule has 15 nitrogen and oxygen atoms in total. The number of nitrogens with zero attached hydrogens (tertiary/aromatic N) is 5. The third kappa shape index (κ3) is 12.4. The zero-order valence-electron chi connectivity index (χ0n) is 19.2.